The Bertz CT molecular complexity index is 302. The van der Waals surface area contributed by atoms with E-state index < -0.39 is 0 Å². The molecule has 0 saturated heterocycles. The molecule has 1 heterocycles. The van der Waals surface area contributed by atoms with Crippen LogP contribution in [0.1, 0.15) is 37.1 Å². The Balaban J connectivity index is 2.00. The van der Waals surface area contributed by atoms with Gasteiger partial charge in [0.25, 0.3) is 0 Å². The van der Waals surface area contributed by atoms with Crippen molar-refractivity contribution in [1.29, 1.82) is 0 Å². The molecule has 0 spiro atoms. The lowest BCUT2D eigenvalue weighted by Crippen LogP contribution is -2.00. The molecule has 1 aromatic rings. The van der Waals surface area contributed by atoms with Gasteiger partial charge in [-0.15, -0.1) is 0 Å². The van der Waals surface area contributed by atoms with Crippen molar-refractivity contribution in [3.8, 4) is 0 Å². The summed E-state index contributed by atoms with van der Waals surface area (Å²) in [6, 6.07) is 1.98. The van der Waals surface area contributed by atoms with Gasteiger partial charge in [0.2, 0.25) is 0 Å². The molecule has 0 amide bonds. The number of aldehydes is 1. The number of carbonyl (C=O) groups is 1. The summed E-state index contributed by atoms with van der Waals surface area (Å²) in [5.74, 6) is 1.64. The van der Waals surface area contributed by atoms with Crippen LogP contribution in [0.4, 0.5) is 0 Å². The highest BCUT2D eigenvalue weighted by Crippen LogP contribution is 2.40. The summed E-state index contributed by atoms with van der Waals surface area (Å²) in [7, 11) is 0. The number of carbonyl (C=O) groups excluding carboxylic acids is 1. The van der Waals surface area contributed by atoms with Crippen LogP contribution in [0.15, 0.2) is 10.6 Å². The van der Waals surface area contributed by atoms with E-state index in [0.29, 0.717) is 12.3 Å². The Kier molecular flexibility index (Phi) is 2.17. The normalized spacial score (nSPS) is 18.5. The third-order valence-corrected chi connectivity index (χ3v) is 2.32. The molecule has 1 atom stereocenters. The van der Waals surface area contributed by atoms with Gasteiger partial charge in [-0.1, -0.05) is 12.1 Å². The summed E-state index contributed by atoms with van der Waals surface area (Å²) in [4.78, 5) is 10.4. The average Bonchev–Trinajstić information content (AvgIpc) is 2.88. The SMILES string of the molecule is CC(C=O)Cc1cc(C2CC2)on1. The first-order chi connectivity index (χ1) is 6.29. The lowest BCUT2D eigenvalue weighted by Gasteiger charge is -1.95. The molecule has 13 heavy (non-hydrogen) atoms. The van der Waals surface area contributed by atoms with Crippen LogP contribution in [-0.4, -0.2) is 11.4 Å². The van der Waals surface area contributed by atoms with E-state index in [0.717, 1.165) is 17.7 Å². The summed E-state index contributed by atoms with van der Waals surface area (Å²) in [5, 5.41) is 3.93. The van der Waals surface area contributed by atoms with Crippen LogP contribution in [0.25, 0.3) is 0 Å². The Morgan fingerprint density at radius 1 is 1.77 bits per heavy atom. The van der Waals surface area contributed by atoms with Gasteiger partial charge in [-0.3, -0.25) is 0 Å². The van der Waals surface area contributed by atoms with E-state index in [1.165, 1.54) is 12.8 Å². The number of hydrogen-bond acceptors (Lipinski definition) is 3. The van der Waals surface area contributed by atoms with Crippen molar-refractivity contribution < 1.29 is 9.32 Å². The van der Waals surface area contributed by atoms with Crippen molar-refractivity contribution in [2.75, 3.05) is 0 Å². The third-order valence-electron chi connectivity index (χ3n) is 2.32. The van der Waals surface area contributed by atoms with E-state index in [9.17, 15) is 4.79 Å². The maximum atomic E-state index is 10.4. The molecule has 0 bridgehead atoms. The van der Waals surface area contributed by atoms with Gasteiger partial charge in [0.15, 0.2) is 0 Å². The number of aromatic nitrogens is 1. The summed E-state index contributed by atoms with van der Waals surface area (Å²) >= 11 is 0. The highest BCUT2D eigenvalue weighted by atomic mass is 16.5. The molecular formula is C10H13NO2. The molecule has 1 aliphatic carbocycles. The highest BCUT2D eigenvalue weighted by molar-refractivity contribution is 5.53. The maximum Gasteiger partial charge on any atom is 0.140 e. The molecule has 3 heteroatoms. The summed E-state index contributed by atoms with van der Waals surface area (Å²) < 4.78 is 5.17. The lowest BCUT2D eigenvalue weighted by molar-refractivity contribution is -0.110. The fraction of sp³-hybridized carbons (Fsp3) is 0.600. The first-order valence-corrected chi connectivity index (χ1v) is 4.70. The van der Waals surface area contributed by atoms with E-state index in [4.69, 9.17) is 4.52 Å². The van der Waals surface area contributed by atoms with Crippen LogP contribution in [0.2, 0.25) is 0 Å². The van der Waals surface area contributed by atoms with E-state index >= 15 is 0 Å². The van der Waals surface area contributed by atoms with Crippen molar-refractivity contribution >= 4 is 6.29 Å². The third kappa shape index (κ3) is 1.97. The zero-order chi connectivity index (χ0) is 9.26. The zero-order valence-corrected chi connectivity index (χ0v) is 7.69. The second-order valence-corrected chi connectivity index (χ2v) is 3.81. The molecule has 70 valence electrons. The predicted molar refractivity (Wildman–Crippen MR) is 47.4 cm³/mol. The lowest BCUT2D eigenvalue weighted by atomic mass is 10.1. The van der Waals surface area contributed by atoms with Gasteiger partial charge in [0, 0.05) is 24.3 Å². The predicted octanol–water partition coefficient (Wildman–Crippen LogP) is 1.93. The summed E-state index contributed by atoms with van der Waals surface area (Å²) in [5.41, 5.74) is 0.904. The minimum atomic E-state index is 0.0390. The fourth-order valence-electron chi connectivity index (χ4n) is 1.36. The number of hydrogen-bond donors (Lipinski definition) is 0. The van der Waals surface area contributed by atoms with Crippen molar-refractivity contribution in [3.63, 3.8) is 0 Å². The van der Waals surface area contributed by atoms with Crippen molar-refractivity contribution in [3.05, 3.63) is 17.5 Å². The summed E-state index contributed by atoms with van der Waals surface area (Å²) in [6.45, 7) is 1.89. The quantitative estimate of drug-likeness (QED) is 0.663. The topological polar surface area (TPSA) is 43.1 Å². The van der Waals surface area contributed by atoms with Crippen molar-refractivity contribution in [2.24, 2.45) is 5.92 Å². The van der Waals surface area contributed by atoms with Gasteiger partial charge < -0.3 is 9.32 Å². The van der Waals surface area contributed by atoms with Crippen molar-refractivity contribution in [2.45, 2.75) is 32.1 Å². The van der Waals surface area contributed by atoms with Gasteiger partial charge in [-0.25, -0.2) is 0 Å². The second kappa shape index (κ2) is 3.32. The van der Waals surface area contributed by atoms with Crippen LogP contribution >= 0.6 is 0 Å². The van der Waals surface area contributed by atoms with E-state index in [-0.39, 0.29) is 5.92 Å². The van der Waals surface area contributed by atoms with Gasteiger partial charge in [0.05, 0.1) is 5.69 Å². The smallest absolute Gasteiger partial charge is 0.140 e. The average molecular weight is 179 g/mol. The highest BCUT2D eigenvalue weighted by Gasteiger charge is 2.27. The molecular weight excluding hydrogens is 166 g/mol. The second-order valence-electron chi connectivity index (χ2n) is 3.81. The van der Waals surface area contributed by atoms with Crippen LogP contribution < -0.4 is 0 Å². The molecule has 0 aromatic carbocycles. The van der Waals surface area contributed by atoms with E-state index in [1.54, 1.807) is 0 Å². The largest absolute Gasteiger partial charge is 0.361 e. The van der Waals surface area contributed by atoms with Crippen LogP contribution in [0.5, 0.6) is 0 Å². The molecule has 0 radical (unpaired) electrons. The Labute approximate surface area is 77.1 Å². The van der Waals surface area contributed by atoms with Gasteiger partial charge in [-0.2, -0.15) is 0 Å². The first kappa shape index (κ1) is 8.48. The van der Waals surface area contributed by atoms with E-state index in [2.05, 4.69) is 5.16 Å². The minimum absolute atomic E-state index is 0.0390. The summed E-state index contributed by atoms with van der Waals surface area (Å²) in [6.07, 6.45) is 4.08. The molecule has 1 aliphatic rings. The van der Waals surface area contributed by atoms with E-state index in [1.807, 2.05) is 13.0 Å². The van der Waals surface area contributed by atoms with Crippen LogP contribution in [-0.2, 0) is 11.2 Å². The molecule has 1 saturated carbocycles. The molecule has 3 nitrogen and oxygen atoms in total. The standard InChI is InChI=1S/C10H13NO2/c1-7(6-12)4-9-5-10(13-11-9)8-2-3-8/h5-8H,2-4H2,1H3. The monoisotopic (exact) mass is 179 g/mol. The molecule has 1 unspecified atom stereocenters. The van der Waals surface area contributed by atoms with Gasteiger partial charge in [-0.05, 0) is 12.8 Å². The minimum Gasteiger partial charge on any atom is -0.361 e. The number of nitrogens with zero attached hydrogens (tertiary/aromatic N) is 1. The maximum absolute atomic E-state index is 10.4. The fourth-order valence-corrected chi connectivity index (χ4v) is 1.36. The first-order valence-electron chi connectivity index (χ1n) is 4.70. The molecule has 2 rings (SSSR count). The molecule has 1 aromatic heterocycles. The number of rotatable bonds is 4. The van der Waals surface area contributed by atoms with Crippen LogP contribution in [0, 0.1) is 5.92 Å². The molecule has 0 N–H and O–H groups in total. The van der Waals surface area contributed by atoms with Gasteiger partial charge >= 0.3 is 0 Å². The van der Waals surface area contributed by atoms with Crippen molar-refractivity contribution in [1.82, 2.24) is 5.16 Å². The van der Waals surface area contributed by atoms with Gasteiger partial charge in [0.1, 0.15) is 12.0 Å². The molecule has 1 fully saturated rings. The zero-order valence-electron chi connectivity index (χ0n) is 7.69. The molecule has 0 aliphatic heterocycles. The Hall–Kier alpha value is -1.12. The Morgan fingerprint density at radius 3 is 3.15 bits per heavy atom. The van der Waals surface area contributed by atoms with Crippen LogP contribution in [0.3, 0.4) is 0 Å². The Morgan fingerprint density at radius 2 is 2.54 bits per heavy atom.